The first-order chi connectivity index (χ1) is 12.5. The van der Waals surface area contributed by atoms with E-state index in [0.29, 0.717) is 18.0 Å². The molecule has 0 fully saturated rings. The van der Waals surface area contributed by atoms with Gasteiger partial charge in [0.05, 0.1) is 24.2 Å². The van der Waals surface area contributed by atoms with Gasteiger partial charge in [0.2, 0.25) is 5.91 Å². The molecule has 0 saturated carbocycles. The van der Waals surface area contributed by atoms with Crippen LogP contribution < -0.4 is 10.6 Å². The van der Waals surface area contributed by atoms with Crippen molar-refractivity contribution in [3.63, 3.8) is 0 Å². The van der Waals surface area contributed by atoms with E-state index in [0.717, 1.165) is 5.69 Å². The van der Waals surface area contributed by atoms with Crippen LogP contribution in [0, 0.1) is 6.92 Å². The Balaban J connectivity index is 1.58. The van der Waals surface area contributed by atoms with E-state index in [1.807, 2.05) is 19.2 Å². The van der Waals surface area contributed by atoms with Gasteiger partial charge in [0.15, 0.2) is 5.69 Å². The van der Waals surface area contributed by atoms with E-state index in [1.165, 1.54) is 10.9 Å². The molecule has 136 valence electrons. The van der Waals surface area contributed by atoms with Crippen molar-refractivity contribution < 1.29 is 14.0 Å². The lowest BCUT2D eigenvalue weighted by atomic mass is 10.3. The smallest absolute Gasteiger partial charge is 0.274 e. The molecule has 9 heteroatoms. The van der Waals surface area contributed by atoms with Crippen LogP contribution in [-0.2, 0) is 24.9 Å². The number of hydrogen-bond acceptors (Lipinski definition) is 5. The van der Waals surface area contributed by atoms with Gasteiger partial charge in [0.1, 0.15) is 5.76 Å². The summed E-state index contributed by atoms with van der Waals surface area (Å²) in [5.41, 5.74) is 1.42. The summed E-state index contributed by atoms with van der Waals surface area (Å²) in [6.07, 6.45) is 5.19. The van der Waals surface area contributed by atoms with Gasteiger partial charge in [-0.25, -0.2) is 0 Å². The number of anilines is 1. The summed E-state index contributed by atoms with van der Waals surface area (Å²) in [6, 6.07) is 5.38. The molecule has 0 atom stereocenters. The second kappa shape index (κ2) is 7.68. The molecule has 3 heterocycles. The number of amides is 2. The Bertz CT molecular complexity index is 894. The van der Waals surface area contributed by atoms with Gasteiger partial charge in [-0.3, -0.25) is 19.0 Å². The number of carbonyl (C=O) groups is 2. The van der Waals surface area contributed by atoms with Crippen LogP contribution >= 0.6 is 0 Å². The number of aryl methyl sites for hydroxylation is 3. The maximum Gasteiger partial charge on any atom is 0.274 e. The van der Waals surface area contributed by atoms with Gasteiger partial charge < -0.3 is 15.1 Å². The third-order valence-electron chi connectivity index (χ3n) is 3.66. The van der Waals surface area contributed by atoms with Gasteiger partial charge in [0.25, 0.3) is 5.91 Å². The van der Waals surface area contributed by atoms with Crippen molar-refractivity contribution in [3.8, 4) is 0 Å². The highest BCUT2D eigenvalue weighted by molar-refractivity contribution is 6.02. The lowest BCUT2D eigenvalue weighted by Gasteiger charge is -2.06. The van der Waals surface area contributed by atoms with E-state index in [2.05, 4.69) is 20.8 Å². The molecule has 0 aliphatic heterocycles. The average Bonchev–Trinajstić information content (AvgIpc) is 3.33. The Labute approximate surface area is 150 Å². The molecular formula is C17H20N6O3. The first kappa shape index (κ1) is 17.5. The largest absolute Gasteiger partial charge is 0.467 e. The lowest BCUT2D eigenvalue weighted by molar-refractivity contribution is -0.116. The molecule has 0 unspecified atom stereocenters. The van der Waals surface area contributed by atoms with Crippen molar-refractivity contribution in [3.05, 3.63) is 54.0 Å². The van der Waals surface area contributed by atoms with Gasteiger partial charge in [-0.1, -0.05) is 0 Å². The Morgan fingerprint density at radius 1 is 1.27 bits per heavy atom. The summed E-state index contributed by atoms with van der Waals surface area (Å²) in [5.74, 6) is 0.0284. The van der Waals surface area contributed by atoms with Gasteiger partial charge in [-0.15, -0.1) is 0 Å². The fourth-order valence-corrected chi connectivity index (χ4v) is 2.43. The molecule has 3 aromatic rings. The minimum atomic E-state index is -0.389. The summed E-state index contributed by atoms with van der Waals surface area (Å²) >= 11 is 0. The highest BCUT2D eigenvalue weighted by Crippen LogP contribution is 2.14. The molecule has 0 aromatic carbocycles. The van der Waals surface area contributed by atoms with Crippen molar-refractivity contribution in [1.82, 2.24) is 24.9 Å². The van der Waals surface area contributed by atoms with Crippen LogP contribution in [0.2, 0.25) is 0 Å². The maximum atomic E-state index is 12.3. The normalized spacial score (nSPS) is 10.7. The van der Waals surface area contributed by atoms with E-state index >= 15 is 0 Å². The number of nitrogens with zero attached hydrogens (tertiary/aromatic N) is 4. The van der Waals surface area contributed by atoms with Crippen LogP contribution in [0.5, 0.6) is 0 Å². The standard InChI is InChI=1S/C17H20N6O3/c1-12-5-7-23(20-12)8-6-15(24)19-14-11-22(2)21-16(14)17(25)18-10-13-4-3-9-26-13/h3-5,7,9,11H,6,8,10H2,1-2H3,(H,18,25)(H,19,24). The highest BCUT2D eigenvalue weighted by atomic mass is 16.3. The first-order valence-electron chi connectivity index (χ1n) is 8.15. The topological polar surface area (TPSA) is 107 Å². The van der Waals surface area contributed by atoms with Crippen LogP contribution in [0.1, 0.15) is 28.4 Å². The number of aromatic nitrogens is 4. The second-order valence-corrected chi connectivity index (χ2v) is 5.85. The number of carbonyl (C=O) groups excluding carboxylic acids is 2. The first-order valence-corrected chi connectivity index (χ1v) is 8.15. The van der Waals surface area contributed by atoms with Crippen LogP contribution in [0.15, 0.2) is 41.3 Å². The third-order valence-corrected chi connectivity index (χ3v) is 3.66. The number of furan rings is 1. The zero-order valence-corrected chi connectivity index (χ0v) is 14.6. The van der Waals surface area contributed by atoms with Crippen molar-refractivity contribution in [1.29, 1.82) is 0 Å². The summed E-state index contributed by atoms with van der Waals surface area (Å²) in [4.78, 5) is 24.5. The van der Waals surface area contributed by atoms with E-state index in [4.69, 9.17) is 4.42 Å². The monoisotopic (exact) mass is 356 g/mol. The fraction of sp³-hybridized carbons (Fsp3) is 0.294. The molecule has 0 aliphatic rings. The van der Waals surface area contributed by atoms with Gasteiger partial charge in [-0.05, 0) is 25.1 Å². The zero-order chi connectivity index (χ0) is 18.5. The van der Waals surface area contributed by atoms with Crippen LogP contribution in [0.4, 0.5) is 5.69 Å². The van der Waals surface area contributed by atoms with Gasteiger partial charge >= 0.3 is 0 Å². The van der Waals surface area contributed by atoms with E-state index < -0.39 is 0 Å². The highest BCUT2D eigenvalue weighted by Gasteiger charge is 2.18. The third kappa shape index (κ3) is 4.38. The van der Waals surface area contributed by atoms with Crippen LogP contribution in [-0.4, -0.2) is 31.4 Å². The Morgan fingerprint density at radius 3 is 2.81 bits per heavy atom. The molecule has 0 aliphatic carbocycles. The summed E-state index contributed by atoms with van der Waals surface area (Å²) < 4.78 is 8.36. The molecule has 0 bridgehead atoms. The molecule has 9 nitrogen and oxygen atoms in total. The average molecular weight is 356 g/mol. The van der Waals surface area contributed by atoms with Crippen molar-refractivity contribution in [2.24, 2.45) is 7.05 Å². The van der Waals surface area contributed by atoms with Crippen molar-refractivity contribution >= 4 is 17.5 Å². The Hall–Kier alpha value is -3.36. The summed E-state index contributed by atoms with van der Waals surface area (Å²) in [7, 11) is 1.69. The van der Waals surface area contributed by atoms with Crippen molar-refractivity contribution in [2.75, 3.05) is 5.32 Å². The quantitative estimate of drug-likeness (QED) is 0.667. The second-order valence-electron chi connectivity index (χ2n) is 5.85. The molecule has 26 heavy (non-hydrogen) atoms. The van der Waals surface area contributed by atoms with Crippen LogP contribution in [0.25, 0.3) is 0 Å². The van der Waals surface area contributed by atoms with E-state index in [9.17, 15) is 9.59 Å². The molecule has 2 amide bonds. The SMILES string of the molecule is Cc1ccn(CCC(=O)Nc2cn(C)nc2C(=O)NCc2ccco2)n1. The van der Waals surface area contributed by atoms with E-state index in [-0.39, 0.29) is 30.5 Å². The zero-order valence-electron chi connectivity index (χ0n) is 14.6. The Morgan fingerprint density at radius 2 is 2.12 bits per heavy atom. The minimum absolute atomic E-state index is 0.155. The summed E-state index contributed by atoms with van der Waals surface area (Å²) in [6.45, 7) is 2.59. The van der Waals surface area contributed by atoms with Crippen molar-refractivity contribution in [2.45, 2.75) is 26.4 Å². The lowest BCUT2D eigenvalue weighted by Crippen LogP contribution is -2.25. The van der Waals surface area contributed by atoms with E-state index in [1.54, 1.807) is 30.1 Å². The number of hydrogen-bond donors (Lipinski definition) is 2. The summed E-state index contributed by atoms with van der Waals surface area (Å²) in [5, 5.41) is 13.8. The maximum absolute atomic E-state index is 12.3. The molecule has 0 radical (unpaired) electrons. The predicted octanol–water partition coefficient (Wildman–Crippen LogP) is 1.48. The van der Waals surface area contributed by atoms with Crippen LogP contribution in [0.3, 0.4) is 0 Å². The molecule has 2 N–H and O–H groups in total. The molecule has 0 spiro atoms. The molecule has 0 saturated heterocycles. The Kier molecular flexibility index (Phi) is 5.16. The number of nitrogens with one attached hydrogen (secondary N) is 2. The minimum Gasteiger partial charge on any atom is -0.467 e. The van der Waals surface area contributed by atoms with Gasteiger partial charge in [-0.2, -0.15) is 10.2 Å². The predicted molar refractivity (Wildman–Crippen MR) is 93.3 cm³/mol. The number of rotatable bonds is 7. The molecule has 3 aromatic heterocycles. The fourth-order valence-electron chi connectivity index (χ4n) is 2.43. The molecular weight excluding hydrogens is 336 g/mol. The molecule has 3 rings (SSSR count). The van der Waals surface area contributed by atoms with Gasteiger partial charge in [0, 0.05) is 32.4 Å².